The van der Waals surface area contributed by atoms with Gasteiger partial charge in [-0.1, -0.05) is 25.7 Å². The fourth-order valence-electron chi connectivity index (χ4n) is 2.08. The van der Waals surface area contributed by atoms with Crippen LogP contribution in [0.15, 0.2) is 11.4 Å². The molecule has 104 valence electrons. The molecule has 0 aliphatic heterocycles. The number of hydrogen-bond acceptors (Lipinski definition) is 3. The molecule has 1 N–H and O–H groups in total. The number of carboxylic acids is 1. The van der Waals surface area contributed by atoms with E-state index in [1.807, 2.05) is 0 Å². The van der Waals surface area contributed by atoms with E-state index in [-0.39, 0.29) is 12.8 Å². The van der Waals surface area contributed by atoms with Gasteiger partial charge in [-0.25, -0.2) is 17.6 Å². The summed E-state index contributed by atoms with van der Waals surface area (Å²) in [6.45, 7) is 0. The molecule has 0 saturated heterocycles. The van der Waals surface area contributed by atoms with Gasteiger partial charge in [-0.05, 0) is 19.3 Å². The van der Waals surface area contributed by atoms with Crippen LogP contribution in [0, 0.1) is 0 Å². The molecule has 0 unspecified atom stereocenters. The van der Waals surface area contributed by atoms with Crippen molar-refractivity contribution < 1.29 is 22.7 Å². The van der Waals surface area contributed by atoms with Gasteiger partial charge in [0.1, 0.15) is 11.1 Å². The number of rotatable bonds is 2. The molecular formula is C11H16ClFO4S. The van der Waals surface area contributed by atoms with Crippen LogP contribution in [-0.2, 0) is 13.8 Å². The quantitative estimate of drug-likeness (QED) is 0.796. The molecule has 0 heterocycles. The Morgan fingerprint density at radius 2 is 1.78 bits per heavy atom. The van der Waals surface area contributed by atoms with E-state index in [1.165, 1.54) is 0 Å². The third kappa shape index (κ3) is 4.24. The van der Waals surface area contributed by atoms with Crippen molar-refractivity contribution in [3.63, 3.8) is 0 Å². The molecule has 0 bridgehead atoms. The number of carboxylic acid groups (broad SMARTS) is 1. The van der Waals surface area contributed by atoms with Gasteiger partial charge in [-0.2, -0.15) is 0 Å². The summed E-state index contributed by atoms with van der Waals surface area (Å²) >= 11 is 0. The molecule has 1 aliphatic rings. The molecule has 0 aromatic heterocycles. The summed E-state index contributed by atoms with van der Waals surface area (Å²) in [5, 5.41) is 7.41. The van der Waals surface area contributed by atoms with Gasteiger partial charge in [-0.15, -0.1) is 0 Å². The SMILES string of the molecule is O=C(O)/C1=C(\F)[C@@H](S(=O)(=O)Cl)CCCCCCC1. The highest BCUT2D eigenvalue weighted by Crippen LogP contribution is 2.29. The Morgan fingerprint density at radius 1 is 1.22 bits per heavy atom. The van der Waals surface area contributed by atoms with Crippen molar-refractivity contribution in [1.29, 1.82) is 0 Å². The highest BCUT2D eigenvalue weighted by atomic mass is 35.7. The van der Waals surface area contributed by atoms with Gasteiger partial charge in [0.25, 0.3) is 0 Å². The van der Waals surface area contributed by atoms with Crippen LogP contribution in [-0.4, -0.2) is 24.7 Å². The molecule has 1 aliphatic carbocycles. The van der Waals surface area contributed by atoms with Crippen LogP contribution in [0.4, 0.5) is 4.39 Å². The minimum Gasteiger partial charge on any atom is -0.478 e. The van der Waals surface area contributed by atoms with Gasteiger partial charge >= 0.3 is 5.97 Å². The lowest BCUT2D eigenvalue weighted by atomic mass is 9.99. The van der Waals surface area contributed by atoms with Crippen LogP contribution < -0.4 is 0 Å². The van der Waals surface area contributed by atoms with E-state index in [0.717, 1.165) is 19.3 Å². The average molecular weight is 299 g/mol. The predicted molar refractivity (Wildman–Crippen MR) is 66.6 cm³/mol. The summed E-state index contributed by atoms with van der Waals surface area (Å²) < 4.78 is 36.7. The highest BCUT2D eigenvalue weighted by molar-refractivity contribution is 8.14. The molecule has 7 heteroatoms. The Bertz CT molecular complexity index is 444. The highest BCUT2D eigenvalue weighted by Gasteiger charge is 2.32. The smallest absolute Gasteiger partial charge is 0.334 e. The number of carbonyl (C=O) groups is 1. The second-order valence-electron chi connectivity index (χ2n) is 4.40. The van der Waals surface area contributed by atoms with Crippen molar-refractivity contribution in [2.75, 3.05) is 0 Å². The van der Waals surface area contributed by atoms with E-state index in [2.05, 4.69) is 0 Å². The van der Waals surface area contributed by atoms with Crippen LogP contribution in [0.1, 0.15) is 44.9 Å². The monoisotopic (exact) mass is 298 g/mol. The number of hydrogen-bond donors (Lipinski definition) is 1. The van der Waals surface area contributed by atoms with Gasteiger partial charge in [0.05, 0.1) is 5.57 Å². The third-order valence-electron chi connectivity index (χ3n) is 3.06. The fraction of sp³-hybridized carbons (Fsp3) is 0.727. The first-order valence-corrected chi connectivity index (χ1v) is 8.26. The lowest BCUT2D eigenvalue weighted by Gasteiger charge is -2.16. The van der Waals surface area contributed by atoms with E-state index in [9.17, 15) is 17.6 Å². The van der Waals surface area contributed by atoms with E-state index < -0.39 is 31.7 Å². The van der Waals surface area contributed by atoms with Crippen molar-refractivity contribution in [3.8, 4) is 0 Å². The first-order chi connectivity index (χ1) is 8.34. The molecule has 0 aromatic carbocycles. The standard InChI is InChI=1S/C11H16ClFO4S/c12-18(16,17)9-7-5-3-1-2-4-6-8(10(9)13)11(14)15/h9H,1-7H2,(H,14,15)/b10-8-/t9-/m0/s1. The summed E-state index contributed by atoms with van der Waals surface area (Å²) in [5.74, 6) is -2.50. The molecule has 1 atom stereocenters. The minimum absolute atomic E-state index is 0.0362. The van der Waals surface area contributed by atoms with Crippen LogP contribution in [0.3, 0.4) is 0 Å². The van der Waals surface area contributed by atoms with Gasteiger partial charge in [0.2, 0.25) is 9.05 Å². The van der Waals surface area contributed by atoms with E-state index >= 15 is 0 Å². The summed E-state index contributed by atoms with van der Waals surface area (Å²) in [6.07, 6.45) is 3.67. The van der Waals surface area contributed by atoms with Crippen molar-refractivity contribution in [2.45, 2.75) is 50.2 Å². The molecule has 0 spiro atoms. The summed E-state index contributed by atoms with van der Waals surface area (Å²) in [5.41, 5.74) is -0.453. The predicted octanol–water partition coefficient (Wildman–Crippen LogP) is 2.98. The Labute approximate surface area is 110 Å². The average Bonchev–Trinajstić information content (AvgIpc) is 2.24. The molecule has 0 fully saturated rings. The van der Waals surface area contributed by atoms with Crippen LogP contribution in [0.2, 0.25) is 0 Å². The van der Waals surface area contributed by atoms with Crippen molar-refractivity contribution >= 4 is 25.7 Å². The number of aliphatic carboxylic acids is 1. The molecule has 0 saturated carbocycles. The molecular weight excluding hydrogens is 283 g/mol. The maximum Gasteiger partial charge on any atom is 0.334 e. The summed E-state index contributed by atoms with van der Waals surface area (Å²) in [4.78, 5) is 11.0. The first kappa shape index (κ1) is 15.4. The van der Waals surface area contributed by atoms with Crippen molar-refractivity contribution in [2.24, 2.45) is 0 Å². The van der Waals surface area contributed by atoms with Crippen LogP contribution in [0.25, 0.3) is 0 Å². The molecule has 0 amide bonds. The fourth-order valence-corrected chi connectivity index (χ4v) is 3.42. The summed E-state index contributed by atoms with van der Waals surface area (Å²) in [6, 6.07) is 0. The maximum atomic E-state index is 14.0. The minimum atomic E-state index is -4.13. The van der Waals surface area contributed by atoms with Crippen molar-refractivity contribution in [3.05, 3.63) is 11.4 Å². The second-order valence-corrected chi connectivity index (χ2v) is 7.21. The zero-order valence-corrected chi connectivity index (χ0v) is 11.4. The Morgan fingerprint density at radius 3 is 2.33 bits per heavy atom. The van der Waals surface area contributed by atoms with Gasteiger partial charge < -0.3 is 5.11 Å². The molecule has 1 rings (SSSR count). The zero-order chi connectivity index (χ0) is 13.8. The second kappa shape index (κ2) is 6.52. The Balaban J connectivity index is 3.15. The largest absolute Gasteiger partial charge is 0.478 e. The van der Waals surface area contributed by atoms with Gasteiger partial charge in [-0.3, -0.25) is 0 Å². The molecule has 18 heavy (non-hydrogen) atoms. The maximum absolute atomic E-state index is 14.0. The number of halogens is 2. The van der Waals surface area contributed by atoms with Gasteiger partial charge in [0.15, 0.2) is 0 Å². The molecule has 4 nitrogen and oxygen atoms in total. The summed E-state index contributed by atoms with van der Waals surface area (Å²) in [7, 11) is 1.07. The first-order valence-electron chi connectivity index (χ1n) is 5.89. The molecule has 0 radical (unpaired) electrons. The Kier molecular flexibility index (Phi) is 5.59. The molecule has 0 aromatic rings. The third-order valence-corrected chi connectivity index (χ3v) is 4.83. The van der Waals surface area contributed by atoms with Gasteiger partial charge in [0, 0.05) is 10.7 Å². The lowest BCUT2D eigenvalue weighted by Crippen LogP contribution is -2.21. The van der Waals surface area contributed by atoms with E-state index in [4.69, 9.17) is 15.8 Å². The van der Waals surface area contributed by atoms with Crippen LogP contribution >= 0.6 is 10.7 Å². The Hall–Kier alpha value is -0.620. The van der Waals surface area contributed by atoms with Crippen LogP contribution in [0.5, 0.6) is 0 Å². The normalized spacial score (nSPS) is 27.8. The zero-order valence-electron chi connectivity index (χ0n) is 9.86. The van der Waals surface area contributed by atoms with E-state index in [0.29, 0.717) is 12.8 Å². The van der Waals surface area contributed by atoms with Crippen molar-refractivity contribution in [1.82, 2.24) is 0 Å². The van der Waals surface area contributed by atoms with E-state index in [1.54, 1.807) is 0 Å². The topological polar surface area (TPSA) is 71.4 Å². The lowest BCUT2D eigenvalue weighted by molar-refractivity contribution is -0.133.